The number of aryl methyl sites for hydroxylation is 1. The van der Waals surface area contributed by atoms with Crippen molar-refractivity contribution in [2.75, 3.05) is 11.1 Å². The Bertz CT molecular complexity index is 831. The number of para-hydroxylation sites is 1. The molecule has 5 heteroatoms. The third-order valence-electron chi connectivity index (χ3n) is 3.34. The van der Waals surface area contributed by atoms with Crippen molar-refractivity contribution in [2.45, 2.75) is 6.92 Å². The molecule has 0 aliphatic rings. The van der Waals surface area contributed by atoms with Gasteiger partial charge in [-0.1, -0.05) is 24.3 Å². The lowest BCUT2D eigenvalue weighted by Crippen LogP contribution is -2.03. The van der Waals surface area contributed by atoms with Crippen LogP contribution in [0.5, 0.6) is 0 Å². The summed E-state index contributed by atoms with van der Waals surface area (Å²) in [7, 11) is 0. The molecule has 0 saturated heterocycles. The van der Waals surface area contributed by atoms with Gasteiger partial charge in [0.25, 0.3) is 0 Å². The summed E-state index contributed by atoms with van der Waals surface area (Å²) in [5.41, 5.74) is 7.52. The molecule has 106 valence electrons. The Labute approximate surface area is 120 Å². The number of fused-ring (bicyclic) bond motifs is 1. The van der Waals surface area contributed by atoms with Crippen molar-refractivity contribution < 1.29 is 8.78 Å². The van der Waals surface area contributed by atoms with Crippen LogP contribution in [0.4, 0.5) is 25.8 Å². The van der Waals surface area contributed by atoms with Crippen LogP contribution in [-0.4, -0.2) is 4.98 Å². The van der Waals surface area contributed by atoms with E-state index < -0.39 is 11.6 Å². The van der Waals surface area contributed by atoms with Gasteiger partial charge in [0.05, 0.1) is 23.1 Å². The lowest BCUT2D eigenvalue weighted by atomic mass is 10.1. The summed E-state index contributed by atoms with van der Waals surface area (Å²) < 4.78 is 28.0. The lowest BCUT2D eigenvalue weighted by Gasteiger charge is -2.14. The van der Waals surface area contributed by atoms with E-state index in [0.717, 1.165) is 0 Å². The second-order valence-corrected chi connectivity index (χ2v) is 4.78. The van der Waals surface area contributed by atoms with E-state index in [1.807, 2.05) is 18.2 Å². The van der Waals surface area contributed by atoms with Gasteiger partial charge in [-0.3, -0.25) is 4.98 Å². The van der Waals surface area contributed by atoms with Crippen LogP contribution in [0.15, 0.2) is 42.6 Å². The zero-order chi connectivity index (χ0) is 15.0. The highest BCUT2D eigenvalue weighted by molar-refractivity contribution is 5.98. The number of nitrogens with two attached hydrogens (primary N) is 1. The average Bonchev–Trinajstić information content (AvgIpc) is 2.49. The van der Waals surface area contributed by atoms with Crippen molar-refractivity contribution in [1.82, 2.24) is 4.98 Å². The Morgan fingerprint density at radius 2 is 1.81 bits per heavy atom. The van der Waals surface area contributed by atoms with E-state index in [9.17, 15) is 8.78 Å². The molecule has 21 heavy (non-hydrogen) atoms. The van der Waals surface area contributed by atoms with Crippen LogP contribution in [0.3, 0.4) is 0 Å². The molecule has 0 fully saturated rings. The summed E-state index contributed by atoms with van der Waals surface area (Å²) >= 11 is 0. The number of nitrogens with zero attached hydrogens (tertiary/aromatic N) is 1. The van der Waals surface area contributed by atoms with Gasteiger partial charge in [-0.25, -0.2) is 8.78 Å². The van der Waals surface area contributed by atoms with E-state index in [1.54, 1.807) is 13.0 Å². The molecule has 3 N–H and O–H groups in total. The number of anilines is 3. The maximum atomic E-state index is 14.1. The molecule has 0 amide bonds. The van der Waals surface area contributed by atoms with Crippen molar-refractivity contribution in [2.24, 2.45) is 0 Å². The van der Waals surface area contributed by atoms with Crippen LogP contribution in [-0.2, 0) is 0 Å². The lowest BCUT2D eigenvalue weighted by molar-refractivity contribution is 0.585. The summed E-state index contributed by atoms with van der Waals surface area (Å²) in [4.78, 5) is 4.19. The quantitative estimate of drug-likeness (QED) is 0.743. The highest BCUT2D eigenvalue weighted by Crippen LogP contribution is 2.33. The normalized spacial score (nSPS) is 10.8. The molecule has 3 aromatic rings. The molecule has 1 heterocycles. The van der Waals surface area contributed by atoms with Crippen LogP contribution in [0.2, 0.25) is 0 Å². The van der Waals surface area contributed by atoms with Gasteiger partial charge in [0.2, 0.25) is 0 Å². The summed E-state index contributed by atoms with van der Waals surface area (Å²) in [6.07, 6.45) is 1.47. The number of hydrogen-bond acceptors (Lipinski definition) is 3. The number of benzene rings is 2. The Balaban J connectivity index is 2.19. The van der Waals surface area contributed by atoms with Crippen molar-refractivity contribution in [3.8, 4) is 0 Å². The van der Waals surface area contributed by atoms with Crippen molar-refractivity contribution in [3.63, 3.8) is 0 Å². The van der Waals surface area contributed by atoms with E-state index in [2.05, 4.69) is 10.3 Å². The molecule has 2 aromatic carbocycles. The number of nitrogens with one attached hydrogen (secondary N) is 1. The number of halogens is 2. The monoisotopic (exact) mass is 285 g/mol. The smallest absolute Gasteiger partial charge is 0.152 e. The third-order valence-corrected chi connectivity index (χ3v) is 3.34. The molecular formula is C16H13F2N3. The molecule has 0 unspecified atom stereocenters. The first-order chi connectivity index (χ1) is 10.1. The molecular weight excluding hydrogens is 272 g/mol. The summed E-state index contributed by atoms with van der Waals surface area (Å²) in [5.74, 6) is -1.30. The van der Waals surface area contributed by atoms with Gasteiger partial charge in [-0.05, 0) is 24.6 Å². The van der Waals surface area contributed by atoms with E-state index in [0.29, 0.717) is 27.8 Å². The van der Waals surface area contributed by atoms with Crippen LogP contribution in [0.25, 0.3) is 10.9 Å². The first-order valence-corrected chi connectivity index (χ1v) is 6.43. The van der Waals surface area contributed by atoms with E-state index >= 15 is 0 Å². The van der Waals surface area contributed by atoms with Gasteiger partial charge in [-0.2, -0.15) is 0 Å². The second-order valence-electron chi connectivity index (χ2n) is 4.78. The molecule has 3 rings (SSSR count). The Morgan fingerprint density at radius 3 is 2.62 bits per heavy atom. The fourth-order valence-corrected chi connectivity index (χ4v) is 2.19. The standard InChI is InChI=1S/C16H13F2N3/c1-9-6-7-11(17)16(14(9)18)21-15-10-4-2-3-5-13(10)20-8-12(15)19/h2-8H,19H2,1H3,(H,20,21). The summed E-state index contributed by atoms with van der Waals surface area (Å²) in [6.45, 7) is 1.58. The second kappa shape index (κ2) is 5.01. The molecule has 1 aromatic heterocycles. The van der Waals surface area contributed by atoms with Crippen molar-refractivity contribution in [1.29, 1.82) is 0 Å². The van der Waals surface area contributed by atoms with Gasteiger partial charge in [0.15, 0.2) is 5.82 Å². The van der Waals surface area contributed by atoms with Crippen LogP contribution in [0.1, 0.15) is 5.56 Å². The minimum absolute atomic E-state index is 0.210. The first-order valence-electron chi connectivity index (χ1n) is 6.43. The SMILES string of the molecule is Cc1ccc(F)c(Nc2c(N)cnc3ccccc23)c1F. The molecule has 0 radical (unpaired) electrons. The number of pyridine rings is 1. The minimum Gasteiger partial charge on any atom is -0.396 e. The maximum Gasteiger partial charge on any atom is 0.152 e. The molecule has 0 bridgehead atoms. The molecule has 0 saturated carbocycles. The largest absolute Gasteiger partial charge is 0.396 e. The van der Waals surface area contributed by atoms with E-state index in [1.165, 1.54) is 18.3 Å². The topological polar surface area (TPSA) is 50.9 Å². The Kier molecular flexibility index (Phi) is 3.17. The highest BCUT2D eigenvalue weighted by atomic mass is 19.1. The van der Waals surface area contributed by atoms with Crippen LogP contribution in [0, 0.1) is 18.6 Å². The van der Waals surface area contributed by atoms with Crippen molar-refractivity contribution in [3.05, 3.63) is 59.8 Å². The van der Waals surface area contributed by atoms with Gasteiger partial charge in [0.1, 0.15) is 11.5 Å². The third kappa shape index (κ3) is 2.27. The number of rotatable bonds is 2. The number of nitrogen functional groups attached to an aromatic ring is 1. The predicted octanol–water partition coefficient (Wildman–Crippen LogP) is 4.15. The summed E-state index contributed by atoms with van der Waals surface area (Å²) in [5, 5.41) is 3.48. The van der Waals surface area contributed by atoms with Crippen molar-refractivity contribution >= 4 is 28.0 Å². The number of hydrogen-bond donors (Lipinski definition) is 2. The molecule has 3 nitrogen and oxygen atoms in total. The fraction of sp³-hybridized carbons (Fsp3) is 0.0625. The van der Waals surface area contributed by atoms with E-state index in [4.69, 9.17) is 5.73 Å². The Morgan fingerprint density at radius 1 is 1.05 bits per heavy atom. The summed E-state index contributed by atoms with van der Waals surface area (Å²) in [6, 6.07) is 9.88. The Hall–Kier alpha value is -2.69. The molecule has 0 aliphatic carbocycles. The fourth-order valence-electron chi connectivity index (χ4n) is 2.19. The van der Waals surface area contributed by atoms with Gasteiger partial charge in [-0.15, -0.1) is 0 Å². The van der Waals surface area contributed by atoms with E-state index in [-0.39, 0.29) is 5.69 Å². The highest BCUT2D eigenvalue weighted by Gasteiger charge is 2.14. The zero-order valence-corrected chi connectivity index (χ0v) is 11.3. The average molecular weight is 285 g/mol. The van der Waals surface area contributed by atoms with Gasteiger partial charge >= 0.3 is 0 Å². The first kappa shape index (κ1) is 13.3. The zero-order valence-electron chi connectivity index (χ0n) is 11.3. The van der Waals surface area contributed by atoms with Gasteiger partial charge in [0, 0.05) is 5.39 Å². The van der Waals surface area contributed by atoms with Gasteiger partial charge < -0.3 is 11.1 Å². The molecule has 0 spiro atoms. The molecule has 0 aliphatic heterocycles. The van der Waals surface area contributed by atoms with Crippen LogP contribution >= 0.6 is 0 Å². The van der Waals surface area contributed by atoms with Crippen LogP contribution < -0.4 is 11.1 Å². The predicted molar refractivity (Wildman–Crippen MR) is 80.5 cm³/mol. The number of aromatic nitrogens is 1. The maximum absolute atomic E-state index is 14.1. The minimum atomic E-state index is -0.668. The molecule has 0 atom stereocenters.